The fraction of sp³-hybridized carbons (Fsp3) is 0.857. The Balaban J connectivity index is 2.14. The lowest BCUT2D eigenvalue weighted by Crippen LogP contribution is -2.41. The molecule has 0 unspecified atom stereocenters. The lowest BCUT2D eigenvalue weighted by Gasteiger charge is -2.34. The van der Waals surface area contributed by atoms with Gasteiger partial charge in [-0.2, -0.15) is 4.98 Å². The summed E-state index contributed by atoms with van der Waals surface area (Å²) < 4.78 is 10.7. The van der Waals surface area contributed by atoms with Crippen LogP contribution in [0.2, 0.25) is 0 Å². The normalized spacial score (nSPS) is 28.6. The third-order valence-corrected chi connectivity index (χ3v) is 4.47. The molecule has 1 fully saturated rings. The number of hydrogen-bond acceptors (Lipinski definition) is 5. The second-order valence-corrected chi connectivity index (χ2v) is 6.15. The number of rotatable bonds is 4. The van der Waals surface area contributed by atoms with Crippen LogP contribution in [-0.2, 0) is 15.9 Å². The van der Waals surface area contributed by atoms with E-state index >= 15 is 0 Å². The third-order valence-electron chi connectivity index (χ3n) is 4.47. The van der Waals surface area contributed by atoms with Crippen molar-refractivity contribution in [2.75, 3.05) is 7.11 Å². The molecule has 1 aromatic heterocycles. The van der Waals surface area contributed by atoms with Gasteiger partial charge < -0.3 is 15.0 Å². The smallest absolute Gasteiger partial charge is 0.258 e. The zero-order valence-corrected chi connectivity index (χ0v) is 12.4. The van der Waals surface area contributed by atoms with Crippen LogP contribution in [0.5, 0.6) is 0 Å². The SMILES string of the molecule is CCC1CCC(N)(c2noc(C(C)(C)OC)n2)CC1. The fourth-order valence-corrected chi connectivity index (χ4v) is 2.58. The molecule has 2 N–H and O–H groups in total. The van der Waals surface area contributed by atoms with Gasteiger partial charge in [-0.15, -0.1) is 0 Å². The minimum absolute atomic E-state index is 0.433. The van der Waals surface area contributed by atoms with Gasteiger partial charge in [-0.3, -0.25) is 0 Å². The van der Waals surface area contributed by atoms with Gasteiger partial charge in [-0.25, -0.2) is 0 Å². The molecule has 0 atom stereocenters. The summed E-state index contributed by atoms with van der Waals surface area (Å²) in [6.07, 6.45) is 5.37. The number of nitrogens with zero attached hydrogens (tertiary/aromatic N) is 2. The lowest BCUT2D eigenvalue weighted by molar-refractivity contribution is -0.00787. The van der Waals surface area contributed by atoms with Crippen molar-refractivity contribution in [1.29, 1.82) is 0 Å². The molecule has 1 aliphatic rings. The summed E-state index contributed by atoms with van der Waals surface area (Å²) in [7, 11) is 1.63. The molecule has 0 spiro atoms. The van der Waals surface area contributed by atoms with Crippen molar-refractivity contribution in [3.05, 3.63) is 11.7 Å². The highest BCUT2D eigenvalue weighted by Crippen LogP contribution is 2.38. The molecule has 5 nitrogen and oxygen atoms in total. The fourth-order valence-electron chi connectivity index (χ4n) is 2.58. The Bertz CT molecular complexity index is 420. The Kier molecular flexibility index (Phi) is 3.97. The summed E-state index contributed by atoms with van der Waals surface area (Å²) in [5, 5.41) is 4.09. The molecule has 5 heteroatoms. The van der Waals surface area contributed by atoms with E-state index in [1.165, 1.54) is 6.42 Å². The second kappa shape index (κ2) is 5.21. The zero-order valence-electron chi connectivity index (χ0n) is 12.4. The van der Waals surface area contributed by atoms with Gasteiger partial charge in [0.1, 0.15) is 5.60 Å². The molecule has 1 saturated carbocycles. The van der Waals surface area contributed by atoms with Gasteiger partial charge in [0.25, 0.3) is 5.89 Å². The Morgan fingerprint density at radius 1 is 1.42 bits per heavy atom. The van der Waals surface area contributed by atoms with E-state index in [2.05, 4.69) is 17.1 Å². The van der Waals surface area contributed by atoms with Crippen LogP contribution in [0.1, 0.15) is 64.6 Å². The molecule has 0 saturated heterocycles. The van der Waals surface area contributed by atoms with Crippen molar-refractivity contribution in [3.8, 4) is 0 Å². The average molecular weight is 267 g/mol. The summed E-state index contributed by atoms with van der Waals surface area (Å²) in [5.74, 6) is 1.91. The Morgan fingerprint density at radius 2 is 2.05 bits per heavy atom. The van der Waals surface area contributed by atoms with E-state index in [9.17, 15) is 0 Å². The molecule has 0 aromatic carbocycles. The van der Waals surface area contributed by atoms with E-state index in [4.69, 9.17) is 15.0 Å². The van der Waals surface area contributed by atoms with E-state index < -0.39 is 11.1 Å². The summed E-state index contributed by atoms with van der Waals surface area (Å²) in [5.41, 5.74) is 5.47. The highest BCUT2D eigenvalue weighted by molar-refractivity contribution is 5.08. The Labute approximate surface area is 114 Å². The van der Waals surface area contributed by atoms with Gasteiger partial charge in [0.15, 0.2) is 5.82 Å². The van der Waals surface area contributed by atoms with E-state index in [0.717, 1.165) is 31.6 Å². The number of aromatic nitrogens is 2. The van der Waals surface area contributed by atoms with Crippen molar-refractivity contribution < 1.29 is 9.26 Å². The van der Waals surface area contributed by atoms with E-state index in [1.807, 2.05) is 13.8 Å². The average Bonchev–Trinajstić information content (AvgIpc) is 2.91. The maximum Gasteiger partial charge on any atom is 0.258 e. The largest absolute Gasteiger partial charge is 0.369 e. The molecular weight excluding hydrogens is 242 g/mol. The van der Waals surface area contributed by atoms with E-state index in [-0.39, 0.29) is 0 Å². The maximum absolute atomic E-state index is 6.47. The highest BCUT2D eigenvalue weighted by atomic mass is 16.5. The van der Waals surface area contributed by atoms with Crippen LogP contribution in [0.15, 0.2) is 4.52 Å². The molecule has 2 rings (SSSR count). The van der Waals surface area contributed by atoms with Crippen molar-refractivity contribution in [3.63, 3.8) is 0 Å². The first kappa shape index (κ1) is 14.5. The molecule has 1 aromatic rings. The van der Waals surface area contributed by atoms with E-state index in [0.29, 0.717) is 11.7 Å². The summed E-state index contributed by atoms with van der Waals surface area (Å²) in [4.78, 5) is 4.47. The van der Waals surface area contributed by atoms with Gasteiger partial charge in [-0.1, -0.05) is 18.5 Å². The van der Waals surface area contributed by atoms with Gasteiger partial charge in [0.05, 0.1) is 5.54 Å². The van der Waals surface area contributed by atoms with Gasteiger partial charge in [0, 0.05) is 7.11 Å². The van der Waals surface area contributed by atoms with Crippen molar-refractivity contribution in [2.45, 2.75) is 64.0 Å². The van der Waals surface area contributed by atoms with Crippen molar-refractivity contribution in [1.82, 2.24) is 10.1 Å². The number of methoxy groups -OCH3 is 1. The molecule has 0 bridgehead atoms. The van der Waals surface area contributed by atoms with Crippen LogP contribution in [0, 0.1) is 5.92 Å². The molecule has 1 heterocycles. The van der Waals surface area contributed by atoms with Crippen LogP contribution < -0.4 is 5.73 Å². The van der Waals surface area contributed by atoms with Gasteiger partial charge >= 0.3 is 0 Å². The van der Waals surface area contributed by atoms with Crippen molar-refractivity contribution in [2.24, 2.45) is 11.7 Å². The number of hydrogen-bond donors (Lipinski definition) is 1. The monoisotopic (exact) mass is 267 g/mol. The first-order valence-corrected chi connectivity index (χ1v) is 7.10. The first-order chi connectivity index (χ1) is 8.91. The zero-order chi connectivity index (χ0) is 14.1. The first-order valence-electron chi connectivity index (χ1n) is 7.10. The number of ether oxygens (including phenoxy) is 1. The molecule has 0 radical (unpaired) electrons. The molecule has 1 aliphatic carbocycles. The molecule has 108 valence electrons. The van der Waals surface area contributed by atoms with E-state index in [1.54, 1.807) is 7.11 Å². The van der Waals surface area contributed by atoms with Crippen LogP contribution in [0.3, 0.4) is 0 Å². The number of nitrogens with two attached hydrogens (primary N) is 1. The second-order valence-electron chi connectivity index (χ2n) is 6.15. The summed E-state index contributed by atoms with van der Waals surface area (Å²) in [6, 6.07) is 0. The molecule has 19 heavy (non-hydrogen) atoms. The van der Waals surface area contributed by atoms with Crippen LogP contribution in [0.25, 0.3) is 0 Å². The standard InChI is InChI=1S/C14H25N3O2/c1-5-10-6-8-14(15,9-7-10)11-16-12(19-17-11)13(2,3)18-4/h10H,5-9,15H2,1-4H3. The predicted octanol–water partition coefficient (Wildman–Crippen LogP) is 2.71. The van der Waals surface area contributed by atoms with Crippen LogP contribution in [0.4, 0.5) is 0 Å². The van der Waals surface area contributed by atoms with Gasteiger partial charge in [0.2, 0.25) is 0 Å². The van der Waals surface area contributed by atoms with Gasteiger partial charge in [-0.05, 0) is 45.4 Å². The topological polar surface area (TPSA) is 74.2 Å². The maximum atomic E-state index is 6.47. The van der Waals surface area contributed by atoms with Crippen molar-refractivity contribution >= 4 is 0 Å². The molecule has 0 aliphatic heterocycles. The molecule has 0 amide bonds. The minimum atomic E-state index is -0.567. The lowest BCUT2D eigenvalue weighted by atomic mass is 9.76. The van der Waals surface area contributed by atoms with Crippen LogP contribution in [-0.4, -0.2) is 17.3 Å². The predicted molar refractivity (Wildman–Crippen MR) is 72.4 cm³/mol. The summed E-state index contributed by atoms with van der Waals surface area (Å²) >= 11 is 0. The Morgan fingerprint density at radius 3 is 2.58 bits per heavy atom. The molecular formula is C14H25N3O2. The summed E-state index contributed by atoms with van der Waals surface area (Å²) in [6.45, 7) is 6.05. The third kappa shape index (κ3) is 2.82. The van der Waals surface area contributed by atoms with Crippen LogP contribution >= 0.6 is 0 Å². The Hall–Kier alpha value is -0.940. The highest BCUT2D eigenvalue weighted by Gasteiger charge is 2.38. The minimum Gasteiger partial charge on any atom is -0.369 e. The quantitative estimate of drug-likeness (QED) is 0.907.